The number of hydrogen-bond acceptors (Lipinski definition) is 4. The van der Waals surface area contributed by atoms with Gasteiger partial charge in [-0.25, -0.2) is 9.97 Å². The minimum atomic E-state index is 0.713. The highest BCUT2D eigenvalue weighted by Gasteiger charge is 2.16. The number of fused-ring (bicyclic) bond motifs is 5. The zero-order valence-electron chi connectivity index (χ0n) is 25.2. The van der Waals surface area contributed by atoms with Crippen LogP contribution in [0.5, 0.6) is 0 Å². The first-order valence-corrected chi connectivity index (χ1v) is 15.5. The Kier molecular flexibility index (Phi) is 6.12. The van der Waals surface area contributed by atoms with Crippen molar-refractivity contribution in [3.05, 3.63) is 157 Å². The lowest BCUT2D eigenvalue weighted by atomic mass is 9.88. The van der Waals surface area contributed by atoms with Crippen LogP contribution in [0.25, 0.3) is 82.9 Å². The van der Waals surface area contributed by atoms with E-state index in [-0.39, 0.29) is 0 Å². The van der Waals surface area contributed by atoms with Crippen molar-refractivity contribution in [2.45, 2.75) is 0 Å². The molecule has 0 aliphatic carbocycles. The number of pyridine rings is 3. The molecule has 9 aromatic rings. The maximum Gasteiger partial charge on any atom is 0.138 e. The van der Waals surface area contributed by atoms with E-state index in [1.165, 1.54) is 0 Å². The molecule has 0 saturated heterocycles. The van der Waals surface area contributed by atoms with Gasteiger partial charge in [0.15, 0.2) is 0 Å². The van der Waals surface area contributed by atoms with Crippen molar-refractivity contribution in [1.82, 2.24) is 19.5 Å². The molecule has 4 heterocycles. The van der Waals surface area contributed by atoms with Gasteiger partial charge in [-0.3, -0.25) is 9.55 Å². The third-order valence-corrected chi connectivity index (χ3v) is 8.96. The van der Waals surface area contributed by atoms with Crippen LogP contribution in [0.2, 0.25) is 0 Å². The van der Waals surface area contributed by atoms with E-state index in [2.05, 4.69) is 76.3 Å². The van der Waals surface area contributed by atoms with E-state index < -0.39 is 0 Å². The molecule has 4 aromatic heterocycles. The van der Waals surface area contributed by atoms with Crippen LogP contribution in [0.1, 0.15) is 5.56 Å². The molecule has 0 radical (unpaired) electrons. The molecule has 0 N–H and O–H groups in total. The van der Waals surface area contributed by atoms with Crippen molar-refractivity contribution >= 4 is 43.4 Å². The second-order valence-corrected chi connectivity index (χ2v) is 11.6. The maximum absolute atomic E-state index is 10.0. The van der Waals surface area contributed by atoms with Crippen LogP contribution in [0.15, 0.2) is 152 Å². The summed E-state index contributed by atoms with van der Waals surface area (Å²) >= 11 is 0. The van der Waals surface area contributed by atoms with E-state index in [9.17, 15) is 5.26 Å². The Morgan fingerprint density at radius 3 is 1.77 bits per heavy atom. The van der Waals surface area contributed by atoms with Gasteiger partial charge in [0, 0.05) is 39.5 Å². The lowest BCUT2D eigenvalue weighted by molar-refractivity contribution is 1.08. The normalized spacial score (nSPS) is 11.4. The van der Waals surface area contributed by atoms with Gasteiger partial charge in [-0.1, -0.05) is 103 Å². The molecule has 0 saturated carbocycles. The molecule has 47 heavy (non-hydrogen) atoms. The third-order valence-electron chi connectivity index (χ3n) is 8.96. The fourth-order valence-corrected chi connectivity index (χ4v) is 6.86. The Hall–Kier alpha value is -6.64. The molecule has 0 unspecified atom stereocenters. The predicted molar refractivity (Wildman–Crippen MR) is 190 cm³/mol. The first kappa shape index (κ1) is 26.7. The highest BCUT2D eigenvalue weighted by Crippen LogP contribution is 2.39. The van der Waals surface area contributed by atoms with Crippen LogP contribution in [0.4, 0.5) is 0 Å². The monoisotopic (exact) mass is 599 g/mol. The Morgan fingerprint density at radius 2 is 1.04 bits per heavy atom. The number of benzene rings is 5. The van der Waals surface area contributed by atoms with E-state index in [0.717, 1.165) is 82.9 Å². The highest BCUT2D eigenvalue weighted by molar-refractivity contribution is 6.16. The first-order valence-electron chi connectivity index (χ1n) is 15.5. The van der Waals surface area contributed by atoms with Gasteiger partial charge in [-0.05, 0) is 58.3 Å². The van der Waals surface area contributed by atoms with Crippen molar-refractivity contribution in [3.8, 4) is 45.7 Å². The van der Waals surface area contributed by atoms with Gasteiger partial charge in [0.05, 0.1) is 33.7 Å². The summed E-state index contributed by atoms with van der Waals surface area (Å²) in [5.41, 5.74) is 8.59. The maximum atomic E-state index is 10.0. The van der Waals surface area contributed by atoms with E-state index in [1.54, 1.807) is 0 Å². The molecule has 0 amide bonds. The summed E-state index contributed by atoms with van der Waals surface area (Å²) in [5, 5.41) is 16.4. The second-order valence-electron chi connectivity index (χ2n) is 11.6. The number of hydrogen-bond donors (Lipinski definition) is 0. The smallest absolute Gasteiger partial charge is 0.138 e. The number of para-hydroxylation sites is 1. The minimum absolute atomic E-state index is 0.713. The number of rotatable bonds is 4. The van der Waals surface area contributed by atoms with Gasteiger partial charge in [0.1, 0.15) is 11.9 Å². The molecule has 0 fully saturated rings. The molecule has 9 rings (SSSR count). The zero-order chi connectivity index (χ0) is 31.3. The Morgan fingerprint density at radius 1 is 0.468 bits per heavy atom. The van der Waals surface area contributed by atoms with E-state index in [1.807, 2.05) is 91.3 Å². The van der Waals surface area contributed by atoms with Gasteiger partial charge >= 0.3 is 0 Å². The predicted octanol–water partition coefficient (Wildman–Crippen LogP) is 10.1. The van der Waals surface area contributed by atoms with Crippen molar-refractivity contribution in [3.63, 3.8) is 0 Å². The van der Waals surface area contributed by atoms with Crippen molar-refractivity contribution in [2.24, 2.45) is 0 Å². The molecule has 0 atom stereocenters. The molecular formula is C42H25N5. The van der Waals surface area contributed by atoms with Crippen molar-refractivity contribution in [1.29, 1.82) is 5.26 Å². The lowest BCUT2D eigenvalue weighted by Crippen LogP contribution is -1.99. The Labute approximate surface area is 270 Å². The van der Waals surface area contributed by atoms with Gasteiger partial charge in [0.2, 0.25) is 0 Å². The van der Waals surface area contributed by atoms with Crippen LogP contribution in [-0.4, -0.2) is 19.5 Å². The lowest BCUT2D eigenvalue weighted by Gasteiger charge is -2.14. The second kappa shape index (κ2) is 10.8. The molecule has 0 spiro atoms. The average Bonchev–Trinajstić information content (AvgIpc) is 3.48. The average molecular weight is 600 g/mol. The van der Waals surface area contributed by atoms with E-state index in [0.29, 0.717) is 5.56 Å². The molecule has 5 aromatic carbocycles. The summed E-state index contributed by atoms with van der Waals surface area (Å²) in [4.78, 5) is 14.5. The van der Waals surface area contributed by atoms with Gasteiger partial charge in [0.25, 0.3) is 0 Å². The molecule has 5 heteroatoms. The van der Waals surface area contributed by atoms with Crippen molar-refractivity contribution < 1.29 is 0 Å². The highest BCUT2D eigenvalue weighted by atomic mass is 15.1. The van der Waals surface area contributed by atoms with Crippen LogP contribution in [0.3, 0.4) is 0 Å². The summed E-state index contributed by atoms with van der Waals surface area (Å²) in [6, 6.07) is 49.9. The summed E-state index contributed by atoms with van der Waals surface area (Å²) in [6.45, 7) is 0. The molecule has 0 aliphatic heterocycles. The SMILES string of the molecule is N#Cc1c2ccccc2c(-c2ccc(-c3cccc(-c4cccc(-n5c6ccccc6c6cnccc65)n4)n3)cc2)c2ccccc12. The van der Waals surface area contributed by atoms with Crippen molar-refractivity contribution in [2.75, 3.05) is 0 Å². The van der Waals surface area contributed by atoms with E-state index >= 15 is 0 Å². The van der Waals surface area contributed by atoms with Crippen LogP contribution in [0, 0.1) is 11.3 Å². The summed E-state index contributed by atoms with van der Waals surface area (Å²) in [7, 11) is 0. The quantitative estimate of drug-likeness (QED) is 0.189. The number of nitriles is 1. The largest absolute Gasteiger partial charge is 0.294 e. The third kappa shape index (κ3) is 4.28. The molecule has 5 nitrogen and oxygen atoms in total. The fraction of sp³-hybridized carbons (Fsp3) is 0. The Bertz CT molecular complexity index is 2590. The summed E-state index contributed by atoms with van der Waals surface area (Å²) < 4.78 is 2.19. The van der Waals surface area contributed by atoms with E-state index in [4.69, 9.17) is 9.97 Å². The zero-order valence-corrected chi connectivity index (χ0v) is 25.2. The van der Waals surface area contributed by atoms with Gasteiger partial charge < -0.3 is 0 Å². The minimum Gasteiger partial charge on any atom is -0.294 e. The summed E-state index contributed by atoms with van der Waals surface area (Å²) in [5.74, 6) is 0.832. The van der Waals surface area contributed by atoms with Crippen LogP contribution >= 0.6 is 0 Å². The number of aromatic nitrogens is 4. The fourth-order valence-electron chi connectivity index (χ4n) is 6.86. The molecular weight excluding hydrogens is 574 g/mol. The van der Waals surface area contributed by atoms with Gasteiger partial charge in [-0.2, -0.15) is 5.26 Å². The molecule has 0 bridgehead atoms. The first-order chi connectivity index (χ1) is 23.3. The molecule has 0 aliphatic rings. The number of nitrogens with zero attached hydrogens (tertiary/aromatic N) is 5. The standard InChI is InChI=1S/C42H25N5/c43-25-34-29-9-1-3-12-32(29)42(33-13-4-2-10-30(33)34)28-21-19-27(20-22-28)36-14-7-15-37(45-36)38-16-8-18-41(46-38)47-39-17-6-5-11-31(39)35-26-44-24-23-40(35)47/h1-24,26H. The van der Waals surface area contributed by atoms with Gasteiger partial charge in [-0.15, -0.1) is 0 Å². The Balaban J connectivity index is 1.12. The summed E-state index contributed by atoms with van der Waals surface area (Å²) in [6.07, 6.45) is 3.74. The van der Waals surface area contributed by atoms with Crippen LogP contribution in [-0.2, 0) is 0 Å². The van der Waals surface area contributed by atoms with Crippen LogP contribution < -0.4 is 0 Å². The molecule has 218 valence electrons. The topological polar surface area (TPSA) is 67.4 Å².